The highest BCUT2D eigenvalue weighted by Crippen LogP contribution is 2.17. The minimum absolute atomic E-state index is 0.110. The van der Waals surface area contributed by atoms with Gasteiger partial charge in [-0.1, -0.05) is 13.8 Å². The standard InChI is InChI=1S/C10H13N3O/c1-6(2)9(12)8-3-7(4-11)10(14)13-5-8/h3,5-6,9H,12H2,1-2H3,(H,13,14)/t9-/m1/s1. The van der Waals surface area contributed by atoms with Crippen LogP contribution in [0.5, 0.6) is 0 Å². The molecule has 1 aromatic rings. The van der Waals surface area contributed by atoms with Gasteiger partial charge in [0.05, 0.1) is 0 Å². The summed E-state index contributed by atoms with van der Waals surface area (Å²) in [4.78, 5) is 13.6. The lowest BCUT2D eigenvalue weighted by molar-refractivity contribution is 0.512. The number of hydrogen-bond donors (Lipinski definition) is 2. The number of pyridine rings is 1. The molecule has 0 aliphatic rings. The lowest BCUT2D eigenvalue weighted by Crippen LogP contribution is -2.19. The first kappa shape index (κ1) is 10.5. The molecular weight excluding hydrogens is 178 g/mol. The summed E-state index contributed by atoms with van der Waals surface area (Å²) in [5, 5.41) is 8.65. The van der Waals surface area contributed by atoms with E-state index in [2.05, 4.69) is 4.98 Å². The molecule has 14 heavy (non-hydrogen) atoms. The lowest BCUT2D eigenvalue weighted by atomic mass is 9.98. The summed E-state index contributed by atoms with van der Waals surface area (Å²) in [6, 6.07) is 3.22. The van der Waals surface area contributed by atoms with Crippen LogP contribution in [0.25, 0.3) is 0 Å². The van der Waals surface area contributed by atoms with Crippen LogP contribution in [-0.2, 0) is 0 Å². The Hall–Kier alpha value is -1.60. The Bertz CT molecular complexity index is 414. The van der Waals surface area contributed by atoms with Crippen LogP contribution in [0.4, 0.5) is 0 Å². The molecule has 0 bridgehead atoms. The van der Waals surface area contributed by atoms with Gasteiger partial charge in [-0.05, 0) is 17.5 Å². The number of H-pyrrole nitrogens is 1. The first-order valence-electron chi connectivity index (χ1n) is 4.44. The van der Waals surface area contributed by atoms with Gasteiger partial charge in [0.2, 0.25) is 0 Å². The molecule has 1 heterocycles. The van der Waals surface area contributed by atoms with Gasteiger partial charge >= 0.3 is 0 Å². The van der Waals surface area contributed by atoms with Crippen molar-refractivity contribution in [3.05, 3.63) is 33.7 Å². The van der Waals surface area contributed by atoms with Gasteiger partial charge in [0.25, 0.3) is 5.56 Å². The minimum Gasteiger partial charge on any atom is -0.328 e. The fourth-order valence-electron chi connectivity index (χ4n) is 1.16. The summed E-state index contributed by atoms with van der Waals surface area (Å²) >= 11 is 0. The highest BCUT2D eigenvalue weighted by molar-refractivity contribution is 5.30. The summed E-state index contributed by atoms with van der Waals surface area (Å²) in [7, 11) is 0. The first-order valence-corrected chi connectivity index (χ1v) is 4.44. The first-order chi connectivity index (χ1) is 6.56. The summed E-state index contributed by atoms with van der Waals surface area (Å²) in [6.07, 6.45) is 1.56. The predicted octanol–water partition coefficient (Wildman–Crippen LogP) is 0.902. The number of nitriles is 1. The van der Waals surface area contributed by atoms with Crippen LogP contribution in [0.15, 0.2) is 17.1 Å². The van der Waals surface area contributed by atoms with E-state index in [1.807, 2.05) is 19.9 Å². The van der Waals surface area contributed by atoms with Gasteiger partial charge < -0.3 is 10.7 Å². The summed E-state index contributed by atoms with van der Waals surface area (Å²) in [5.74, 6) is 0.271. The molecular formula is C10H13N3O. The number of nitrogens with zero attached hydrogens (tertiary/aromatic N) is 1. The van der Waals surface area contributed by atoms with Crippen molar-refractivity contribution in [2.24, 2.45) is 11.7 Å². The molecule has 0 radical (unpaired) electrons. The molecule has 4 nitrogen and oxygen atoms in total. The van der Waals surface area contributed by atoms with Crippen LogP contribution in [0, 0.1) is 17.2 Å². The van der Waals surface area contributed by atoms with Crippen LogP contribution >= 0.6 is 0 Å². The summed E-state index contributed by atoms with van der Waals surface area (Å²) in [5.41, 5.74) is 6.41. The van der Waals surface area contributed by atoms with Gasteiger partial charge in [0.15, 0.2) is 0 Å². The van der Waals surface area contributed by atoms with Crippen molar-refractivity contribution < 1.29 is 0 Å². The Labute approximate surface area is 82.4 Å². The molecule has 0 aliphatic carbocycles. The molecule has 0 saturated heterocycles. The van der Waals surface area contributed by atoms with E-state index in [0.717, 1.165) is 5.56 Å². The van der Waals surface area contributed by atoms with E-state index in [9.17, 15) is 4.79 Å². The molecule has 4 heteroatoms. The van der Waals surface area contributed by atoms with E-state index in [0.29, 0.717) is 0 Å². The van der Waals surface area contributed by atoms with Crippen LogP contribution < -0.4 is 11.3 Å². The molecule has 0 amide bonds. The number of rotatable bonds is 2. The molecule has 1 atom stereocenters. The number of hydrogen-bond acceptors (Lipinski definition) is 3. The van der Waals surface area contributed by atoms with E-state index >= 15 is 0 Å². The van der Waals surface area contributed by atoms with Gasteiger partial charge in [0.1, 0.15) is 11.6 Å². The topological polar surface area (TPSA) is 82.7 Å². The van der Waals surface area contributed by atoms with Gasteiger partial charge in [-0.3, -0.25) is 4.79 Å². The third-order valence-electron chi connectivity index (χ3n) is 2.15. The average molecular weight is 191 g/mol. The quantitative estimate of drug-likeness (QED) is 0.728. The number of aromatic nitrogens is 1. The fourth-order valence-corrected chi connectivity index (χ4v) is 1.16. The second kappa shape index (κ2) is 4.07. The van der Waals surface area contributed by atoms with Crippen LogP contribution in [0.1, 0.15) is 31.0 Å². The third-order valence-corrected chi connectivity index (χ3v) is 2.15. The van der Waals surface area contributed by atoms with Crippen molar-refractivity contribution in [3.8, 4) is 6.07 Å². The molecule has 0 saturated carbocycles. The van der Waals surface area contributed by atoms with E-state index in [4.69, 9.17) is 11.0 Å². The molecule has 74 valence electrons. The monoisotopic (exact) mass is 191 g/mol. The highest BCUT2D eigenvalue weighted by Gasteiger charge is 2.11. The van der Waals surface area contributed by atoms with E-state index in [1.54, 1.807) is 12.3 Å². The zero-order chi connectivity index (χ0) is 10.7. The number of nitrogens with two attached hydrogens (primary N) is 1. The van der Waals surface area contributed by atoms with Crippen LogP contribution in [0.2, 0.25) is 0 Å². The van der Waals surface area contributed by atoms with Crippen molar-refractivity contribution >= 4 is 0 Å². The van der Waals surface area contributed by atoms with Gasteiger partial charge in [-0.2, -0.15) is 5.26 Å². The maximum atomic E-state index is 11.1. The Morgan fingerprint density at radius 1 is 1.57 bits per heavy atom. The fraction of sp³-hybridized carbons (Fsp3) is 0.400. The highest BCUT2D eigenvalue weighted by atomic mass is 16.1. The molecule has 0 aliphatic heterocycles. The Balaban J connectivity index is 3.14. The Morgan fingerprint density at radius 3 is 2.71 bits per heavy atom. The molecule has 1 rings (SSSR count). The Morgan fingerprint density at radius 2 is 2.21 bits per heavy atom. The SMILES string of the molecule is CC(C)[C@@H](N)c1c[nH]c(=O)c(C#N)c1. The lowest BCUT2D eigenvalue weighted by Gasteiger charge is -2.15. The maximum Gasteiger partial charge on any atom is 0.265 e. The molecule has 1 aromatic heterocycles. The number of aromatic amines is 1. The zero-order valence-corrected chi connectivity index (χ0v) is 8.24. The van der Waals surface area contributed by atoms with Gasteiger partial charge in [0, 0.05) is 12.2 Å². The van der Waals surface area contributed by atoms with Gasteiger partial charge in [-0.15, -0.1) is 0 Å². The van der Waals surface area contributed by atoms with Crippen molar-refractivity contribution in [2.75, 3.05) is 0 Å². The normalized spacial score (nSPS) is 12.5. The third kappa shape index (κ3) is 2.01. The molecule has 0 fully saturated rings. The van der Waals surface area contributed by atoms with E-state index in [-0.39, 0.29) is 23.1 Å². The molecule has 0 spiro atoms. The van der Waals surface area contributed by atoms with Crippen molar-refractivity contribution in [1.29, 1.82) is 5.26 Å². The van der Waals surface area contributed by atoms with E-state index in [1.165, 1.54) is 0 Å². The zero-order valence-electron chi connectivity index (χ0n) is 8.24. The smallest absolute Gasteiger partial charge is 0.265 e. The summed E-state index contributed by atoms with van der Waals surface area (Å²) < 4.78 is 0. The van der Waals surface area contributed by atoms with Crippen molar-refractivity contribution in [3.63, 3.8) is 0 Å². The molecule has 0 unspecified atom stereocenters. The number of nitrogens with one attached hydrogen (secondary N) is 1. The Kier molecular flexibility index (Phi) is 3.05. The molecule has 0 aromatic carbocycles. The second-order valence-corrected chi connectivity index (χ2v) is 3.56. The minimum atomic E-state index is -0.368. The van der Waals surface area contributed by atoms with Crippen molar-refractivity contribution in [2.45, 2.75) is 19.9 Å². The van der Waals surface area contributed by atoms with Crippen LogP contribution in [0.3, 0.4) is 0 Å². The van der Waals surface area contributed by atoms with Crippen LogP contribution in [-0.4, -0.2) is 4.98 Å². The van der Waals surface area contributed by atoms with E-state index < -0.39 is 0 Å². The average Bonchev–Trinajstić information content (AvgIpc) is 2.17. The summed E-state index contributed by atoms with van der Waals surface area (Å²) in [6.45, 7) is 3.98. The van der Waals surface area contributed by atoms with Crippen molar-refractivity contribution in [1.82, 2.24) is 4.98 Å². The predicted molar refractivity (Wildman–Crippen MR) is 53.5 cm³/mol. The van der Waals surface area contributed by atoms with Gasteiger partial charge in [-0.25, -0.2) is 0 Å². The molecule has 3 N–H and O–H groups in total. The second-order valence-electron chi connectivity index (χ2n) is 3.56. The largest absolute Gasteiger partial charge is 0.328 e. The maximum absolute atomic E-state index is 11.1.